The van der Waals surface area contributed by atoms with Gasteiger partial charge in [0, 0.05) is 17.3 Å². The van der Waals surface area contributed by atoms with Crippen LogP contribution in [0.5, 0.6) is 5.75 Å². The molecule has 3 aromatic rings. The molecule has 1 heterocycles. The van der Waals surface area contributed by atoms with Crippen molar-refractivity contribution >= 4 is 11.6 Å². The van der Waals surface area contributed by atoms with Crippen molar-refractivity contribution in [2.24, 2.45) is 0 Å². The number of benzene rings is 2. The molecule has 0 aliphatic rings. The molecular weight excluding hydrogens is 290 g/mol. The van der Waals surface area contributed by atoms with E-state index in [9.17, 15) is 4.79 Å². The lowest BCUT2D eigenvalue weighted by molar-refractivity contribution is 0.102. The van der Waals surface area contributed by atoms with Gasteiger partial charge in [-0.25, -0.2) is 0 Å². The summed E-state index contributed by atoms with van der Waals surface area (Å²) in [5.74, 6) is 0.360. The minimum Gasteiger partial charge on any atom is -0.497 e. The second-order valence-corrected chi connectivity index (χ2v) is 4.86. The molecular formula is C18H15N3O2. The van der Waals surface area contributed by atoms with Crippen LogP contribution >= 0.6 is 0 Å². The van der Waals surface area contributed by atoms with Gasteiger partial charge in [0.25, 0.3) is 5.91 Å². The van der Waals surface area contributed by atoms with Gasteiger partial charge in [-0.1, -0.05) is 36.4 Å². The van der Waals surface area contributed by atoms with E-state index < -0.39 is 0 Å². The summed E-state index contributed by atoms with van der Waals surface area (Å²) in [4.78, 5) is 12.2. The summed E-state index contributed by atoms with van der Waals surface area (Å²) in [5, 5.41) is 10.9. The molecule has 23 heavy (non-hydrogen) atoms. The molecule has 1 aromatic heterocycles. The van der Waals surface area contributed by atoms with E-state index in [1.807, 2.05) is 36.4 Å². The molecule has 0 saturated heterocycles. The van der Waals surface area contributed by atoms with Crippen molar-refractivity contribution in [3.8, 4) is 17.0 Å². The Morgan fingerprint density at radius 1 is 0.957 bits per heavy atom. The molecule has 5 heteroatoms. The van der Waals surface area contributed by atoms with Gasteiger partial charge < -0.3 is 10.1 Å². The Hall–Kier alpha value is -3.21. The number of rotatable bonds is 4. The average Bonchev–Trinajstić information content (AvgIpc) is 2.63. The molecule has 2 aromatic carbocycles. The first-order valence-electron chi connectivity index (χ1n) is 7.11. The van der Waals surface area contributed by atoms with E-state index in [1.165, 1.54) is 0 Å². The standard InChI is InChI=1S/C18H15N3O2/c1-23-15-9-5-8-14(12-15)19-18(22)17-11-10-16(20-21-17)13-6-3-2-4-7-13/h2-12H,1H3,(H,19,22). The van der Waals surface area contributed by atoms with Gasteiger partial charge in [0.05, 0.1) is 12.8 Å². The number of hydrogen-bond donors (Lipinski definition) is 1. The van der Waals surface area contributed by atoms with Gasteiger partial charge in [-0.05, 0) is 24.3 Å². The zero-order valence-corrected chi connectivity index (χ0v) is 12.6. The van der Waals surface area contributed by atoms with Gasteiger partial charge in [-0.3, -0.25) is 4.79 Å². The van der Waals surface area contributed by atoms with Crippen molar-refractivity contribution in [1.29, 1.82) is 0 Å². The van der Waals surface area contributed by atoms with Crippen LogP contribution in [-0.4, -0.2) is 23.2 Å². The SMILES string of the molecule is COc1cccc(NC(=O)c2ccc(-c3ccccc3)nn2)c1. The monoisotopic (exact) mass is 305 g/mol. The lowest BCUT2D eigenvalue weighted by Crippen LogP contribution is -2.14. The normalized spacial score (nSPS) is 10.1. The summed E-state index contributed by atoms with van der Waals surface area (Å²) >= 11 is 0. The zero-order chi connectivity index (χ0) is 16.1. The number of anilines is 1. The number of carbonyl (C=O) groups is 1. The zero-order valence-electron chi connectivity index (χ0n) is 12.6. The quantitative estimate of drug-likeness (QED) is 0.802. The Balaban J connectivity index is 1.75. The highest BCUT2D eigenvalue weighted by Crippen LogP contribution is 2.18. The molecule has 0 atom stereocenters. The van der Waals surface area contributed by atoms with Crippen LogP contribution in [0.25, 0.3) is 11.3 Å². The number of amides is 1. The molecule has 0 aliphatic heterocycles. The Labute approximate surface area is 134 Å². The van der Waals surface area contributed by atoms with Gasteiger partial charge in [0.2, 0.25) is 0 Å². The number of methoxy groups -OCH3 is 1. The van der Waals surface area contributed by atoms with Crippen molar-refractivity contribution in [2.75, 3.05) is 12.4 Å². The van der Waals surface area contributed by atoms with Crippen molar-refractivity contribution in [3.05, 3.63) is 72.4 Å². The fourth-order valence-corrected chi connectivity index (χ4v) is 2.11. The number of carbonyl (C=O) groups excluding carboxylic acids is 1. The average molecular weight is 305 g/mol. The van der Waals surface area contributed by atoms with Crippen LogP contribution in [0, 0.1) is 0 Å². The van der Waals surface area contributed by atoms with Crippen molar-refractivity contribution in [2.45, 2.75) is 0 Å². The molecule has 1 N–H and O–H groups in total. The van der Waals surface area contributed by atoms with Gasteiger partial charge in [-0.2, -0.15) is 0 Å². The van der Waals surface area contributed by atoms with E-state index in [1.54, 1.807) is 37.4 Å². The molecule has 0 unspecified atom stereocenters. The minimum absolute atomic E-state index is 0.257. The van der Waals surface area contributed by atoms with E-state index in [-0.39, 0.29) is 11.6 Å². The smallest absolute Gasteiger partial charge is 0.276 e. The topological polar surface area (TPSA) is 64.1 Å². The Morgan fingerprint density at radius 2 is 1.78 bits per heavy atom. The Kier molecular flexibility index (Phi) is 4.29. The van der Waals surface area contributed by atoms with Crippen molar-refractivity contribution < 1.29 is 9.53 Å². The largest absolute Gasteiger partial charge is 0.497 e. The van der Waals surface area contributed by atoms with Crippen LogP contribution in [0.1, 0.15) is 10.5 Å². The number of aromatic nitrogens is 2. The Bertz CT molecular complexity index is 802. The molecule has 5 nitrogen and oxygen atoms in total. The third-order valence-corrected chi connectivity index (χ3v) is 3.29. The molecule has 0 fully saturated rings. The number of nitrogens with zero attached hydrogens (tertiary/aromatic N) is 2. The molecule has 0 bridgehead atoms. The Morgan fingerprint density at radius 3 is 2.48 bits per heavy atom. The van der Waals surface area contributed by atoms with Crippen LogP contribution < -0.4 is 10.1 Å². The summed E-state index contributed by atoms with van der Waals surface area (Å²) in [7, 11) is 1.58. The second kappa shape index (κ2) is 6.70. The predicted molar refractivity (Wildman–Crippen MR) is 88.4 cm³/mol. The van der Waals surface area contributed by atoms with E-state index in [0.717, 1.165) is 11.3 Å². The minimum atomic E-state index is -0.314. The van der Waals surface area contributed by atoms with Crippen molar-refractivity contribution in [3.63, 3.8) is 0 Å². The first kappa shape index (κ1) is 14.7. The van der Waals surface area contributed by atoms with Crippen LogP contribution in [-0.2, 0) is 0 Å². The summed E-state index contributed by atoms with van der Waals surface area (Å²) < 4.78 is 5.13. The first-order chi connectivity index (χ1) is 11.3. The number of ether oxygens (including phenoxy) is 1. The lowest BCUT2D eigenvalue weighted by Gasteiger charge is -2.06. The highest BCUT2D eigenvalue weighted by atomic mass is 16.5. The van der Waals surface area contributed by atoms with Crippen LogP contribution in [0.2, 0.25) is 0 Å². The molecule has 1 amide bonds. The van der Waals surface area contributed by atoms with E-state index in [4.69, 9.17) is 4.74 Å². The third-order valence-electron chi connectivity index (χ3n) is 3.29. The van der Waals surface area contributed by atoms with Gasteiger partial charge in [0.1, 0.15) is 5.75 Å². The van der Waals surface area contributed by atoms with Gasteiger partial charge in [-0.15, -0.1) is 10.2 Å². The third kappa shape index (κ3) is 3.52. The maximum atomic E-state index is 12.2. The highest BCUT2D eigenvalue weighted by molar-refractivity contribution is 6.02. The highest BCUT2D eigenvalue weighted by Gasteiger charge is 2.09. The van der Waals surface area contributed by atoms with Crippen molar-refractivity contribution in [1.82, 2.24) is 10.2 Å². The fourth-order valence-electron chi connectivity index (χ4n) is 2.11. The lowest BCUT2D eigenvalue weighted by atomic mass is 10.1. The number of nitrogens with one attached hydrogen (secondary N) is 1. The van der Waals surface area contributed by atoms with E-state index in [2.05, 4.69) is 15.5 Å². The van der Waals surface area contributed by atoms with Crippen LogP contribution in [0.4, 0.5) is 5.69 Å². The molecule has 0 saturated carbocycles. The summed E-state index contributed by atoms with van der Waals surface area (Å²) in [6, 6.07) is 20.3. The molecule has 0 aliphatic carbocycles. The molecule has 114 valence electrons. The molecule has 0 radical (unpaired) electrons. The summed E-state index contributed by atoms with van der Waals surface area (Å²) in [6.07, 6.45) is 0. The maximum Gasteiger partial charge on any atom is 0.276 e. The van der Waals surface area contributed by atoms with E-state index in [0.29, 0.717) is 11.4 Å². The second-order valence-electron chi connectivity index (χ2n) is 4.86. The summed E-state index contributed by atoms with van der Waals surface area (Å²) in [5.41, 5.74) is 2.58. The summed E-state index contributed by atoms with van der Waals surface area (Å²) in [6.45, 7) is 0. The van der Waals surface area contributed by atoms with E-state index >= 15 is 0 Å². The predicted octanol–water partition coefficient (Wildman–Crippen LogP) is 3.40. The fraction of sp³-hybridized carbons (Fsp3) is 0.0556. The van der Waals surface area contributed by atoms with Gasteiger partial charge in [0.15, 0.2) is 5.69 Å². The molecule has 3 rings (SSSR count). The molecule has 0 spiro atoms. The van der Waals surface area contributed by atoms with Crippen LogP contribution in [0.15, 0.2) is 66.7 Å². The maximum absolute atomic E-state index is 12.2. The van der Waals surface area contributed by atoms with Gasteiger partial charge >= 0.3 is 0 Å². The first-order valence-corrected chi connectivity index (χ1v) is 7.11. The number of hydrogen-bond acceptors (Lipinski definition) is 4. The van der Waals surface area contributed by atoms with Crippen LogP contribution in [0.3, 0.4) is 0 Å².